The van der Waals surface area contributed by atoms with E-state index < -0.39 is 0 Å². The van der Waals surface area contributed by atoms with Gasteiger partial charge in [-0.2, -0.15) is 10.4 Å². The monoisotopic (exact) mass is 202 g/mol. The number of hydrogen-bond donors (Lipinski definition) is 0. The third-order valence-electron chi connectivity index (χ3n) is 3.49. The average Bonchev–Trinajstić information content (AvgIpc) is 2.62. The second-order valence-corrected chi connectivity index (χ2v) is 4.59. The third kappa shape index (κ3) is 1.20. The summed E-state index contributed by atoms with van der Waals surface area (Å²) in [6, 6.07) is 2.78. The van der Waals surface area contributed by atoms with E-state index in [9.17, 15) is 0 Å². The topological polar surface area (TPSA) is 44.9 Å². The van der Waals surface area contributed by atoms with Gasteiger partial charge in [0.05, 0.1) is 11.7 Å². The number of aromatic nitrogens is 2. The normalized spacial score (nSPS) is 21.1. The van der Waals surface area contributed by atoms with Gasteiger partial charge < -0.3 is 0 Å². The minimum atomic E-state index is 0.562. The van der Waals surface area contributed by atoms with E-state index in [0.29, 0.717) is 11.7 Å². The molecule has 0 unspecified atom stereocenters. The zero-order valence-electron chi connectivity index (χ0n) is 8.90. The number of nitrogens with zero attached hydrogens (tertiary/aromatic N) is 4. The van der Waals surface area contributed by atoms with E-state index >= 15 is 0 Å². The van der Waals surface area contributed by atoms with Crippen molar-refractivity contribution in [3.63, 3.8) is 0 Å². The van der Waals surface area contributed by atoms with E-state index in [1.54, 1.807) is 0 Å². The Balaban J connectivity index is 2.05. The molecule has 4 heteroatoms. The minimum Gasteiger partial charge on any atom is -0.296 e. The van der Waals surface area contributed by atoms with Gasteiger partial charge in [0.15, 0.2) is 5.69 Å². The number of fused-ring (bicyclic) bond motifs is 1. The number of rotatable bonds is 1. The van der Waals surface area contributed by atoms with Crippen molar-refractivity contribution in [2.24, 2.45) is 0 Å². The summed E-state index contributed by atoms with van der Waals surface area (Å²) >= 11 is 0. The molecule has 3 rings (SSSR count). The molecule has 1 aliphatic heterocycles. The zero-order valence-corrected chi connectivity index (χ0v) is 8.90. The van der Waals surface area contributed by atoms with Gasteiger partial charge in [-0.05, 0) is 26.3 Å². The molecule has 1 aromatic heterocycles. The van der Waals surface area contributed by atoms with E-state index in [-0.39, 0.29) is 0 Å². The molecule has 4 nitrogen and oxygen atoms in total. The Bertz CT molecular complexity index is 436. The summed E-state index contributed by atoms with van der Waals surface area (Å²) in [6.07, 6.45) is 3.75. The van der Waals surface area contributed by atoms with Crippen LogP contribution in [0.25, 0.3) is 0 Å². The van der Waals surface area contributed by atoms with Crippen molar-refractivity contribution in [3.05, 3.63) is 17.0 Å². The molecule has 78 valence electrons. The van der Waals surface area contributed by atoms with Gasteiger partial charge in [0.1, 0.15) is 6.07 Å². The lowest BCUT2D eigenvalue weighted by molar-refractivity contribution is 0.268. The van der Waals surface area contributed by atoms with Gasteiger partial charge in [-0.3, -0.25) is 9.58 Å². The summed E-state index contributed by atoms with van der Waals surface area (Å²) in [7, 11) is 2.09. The van der Waals surface area contributed by atoms with Crippen LogP contribution in [0.3, 0.4) is 0 Å². The summed E-state index contributed by atoms with van der Waals surface area (Å²) in [4.78, 5) is 2.24. The SMILES string of the molecule is CN1Cc2c(C#N)nn(C3CCC3)c2C1. The predicted octanol–water partition coefficient (Wildman–Crippen LogP) is 1.43. The van der Waals surface area contributed by atoms with E-state index in [1.807, 2.05) is 0 Å². The van der Waals surface area contributed by atoms with Crippen molar-refractivity contribution in [1.29, 1.82) is 5.26 Å². The molecular formula is C11H14N4. The van der Waals surface area contributed by atoms with E-state index in [4.69, 9.17) is 5.26 Å². The fourth-order valence-electron chi connectivity index (χ4n) is 2.44. The first-order chi connectivity index (χ1) is 7.29. The first kappa shape index (κ1) is 8.93. The largest absolute Gasteiger partial charge is 0.296 e. The van der Waals surface area contributed by atoms with Gasteiger partial charge in [-0.15, -0.1) is 0 Å². The molecule has 0 spiro atoms. The standard InChI is InChI=1S/C11H14N4/c1-14-6-9-10(5-12)13-15(11(9)7-14)8-3-2-4-8/h8H,2-4,6-7H2,1H3. The summed E-state index contributed by atoms with van der Waals surface area (Å²) in [5, 5.41) is 13.5. The Morgan fingerprint density at radius 3 is 2.80 bits per heavy atom. The molecule has 0 aromatic carbocycles. The Hall–Kier alpha value is -1.34. The smallest absolute Gasteiger partial charge is 0.167 e. The third-order valence-corrected chi connectivity index (χ3v) is 3.49. The molecule has 0 saturated heterocycles. The van der Waals surface area contributed by atoms with Gasteiger partial charge >= 0.3 is 0 Å². The molecule has 1 saturated carbocycles. The average molecular weight is 202 g/mol. The molecule has 2 heterocycles. The molecule has 0 bridgehead atoms. The summed E-state index contributed by atoms with van der Waals surface area (Å²) in [5.74, 6) is 0. The van der Waals surface area contributed by atoms with Crippen molar-refractivity contribution in [2.75, 3.05) is 7.05 Å². The van der Waals surface area contributed by atoms with Crippen LogP contribution in [0.2, 0.25) is 0 Å². The highest BCUT2D eigenvalue weighted by Crippen LogP contribution is 2.35. The van der Waals surface area contributed by atoms with Crippen molar-refractivity contribution in [1.82, 2.24) is 14.7 Å². The maximum atomic E-state index is 9.03. The lowest BCUT2D eigenvalue weighted by atomic mass is 9.93. The Kier molecular flexibility index (Phi) is 1.83. The number of nitriles is 1. The molecule has 1 aromatic rings. The molecular weight excluding hydrogens is 188 g/mol. The fourth-order valence-corrected chi connectivity index (χ4v) is 2.44. The summed E-state index contributed by atoms with van der Waals surface area (Å²) in [6.45, 7) is 1.82. The van der Waals surface area contributed by atoms with Crippen LogP contribution in [0.1, 0.15) is 42.3 Å². The van der Waals surface area contributed by atoms with Crippen LogP contribution in [0, 0.1) is 11.3 Å². The zero-order chi connectivity index (χ0) is 10.4. The second-order valence-electron chi connectivity index (χ2n) is 4.59. The van der Waals surface area contributed by atoms with Crippen LogP contribution in [0.15, 0.2) is 0 Å². The highest BCUT2D eigenvalue weighted by atomic mass is 15.3. The van der Waals surface area contributed by atoms with Gasteiger partial charge in [0.2, 0.25) is 0 Å². The van der Waals surface area contributed by atoms with Gasteiger partial charge in [0, 0.05) is 18.7 Å². The Morgan fingerprint density at radius 2 is 2.20 bits per heavy atom. The van der Waals surface area contributed by atoms with Crippen LogP contribution in [-0.2, 0) is 13.1 Å². The van der Waals surface area contributed by atoms with Gasteiger partial charge in [0.25, 0.3) is 0 Å². The molecule has 0 atom stereocenters. The Morgan fingerprint density at radius 1 is 1.40 bits per heavy atom. The maximum Gasteiger partial charge on any atom is 0.167 e. The van der Waals surface area contributed by atoms with Crippen LogP contribution in [0.5, 0.6) is 0 Å². The lowest BCUT2D eigenvalue weighted by Gasteiger charge is -2.27. The van der Waals surface area contributed by atoms with Crippen LogP contribution in [0.4, 0.5) is 0 Å². The van der Waals surface area contributed by atoms with Crippen LogP contribution < -0.4 is 0 Å². The predicted molar refractivity (Wildman–Crippen MR) is 55.0 cm³/mol. The summed E-state index contributed by atoms with van der Waals surface area (Å²) < 4.78 is 2.11. The highest BCUT2D eigenvalue weighted by molar-refractivity contribution is 5.37. The van der Waals surface area contributed by atoms with Crippen molar-refractivity contribution in [3.8, 4) is 6.07 Å². The second kappa shape index (κ2) is 3.07. The van der Waals surface area contributed by atoms with Gasteiger partial charge in [-0.1, -0.05) is 0 Å². The molecule has 0 radical (unpaired) electrons. The van der Waals surface area contributed by atoms with Crippen LogP contribution in [-0.4, -0.2) is 21.7 Å². The Labute approximate surface area is 89.1 Å². The first-order valence-electron chi connectivity index (χ1n) is 5.48. The number of hydrogen-bond acceptors (Lipinski definition) is 3. The summed E-state index contributed by atoms with van der Waals surface area (Å²) in [5.41, 5.74) is 3.08. The minimum absolute atomic E-state index is 0.562. The molecule has 1 aliphatic carbocycles. The van der Waals surface area contributed by atoms with E-state index in [1.165, 1.54) is 25.0 Å². The molecule has 0 N–H and O–H groups in total. The van der Waals surface area contributed by atoms with Crippen molar-refractivity contribution < 1.29 is 0 Å². The van der Waals surface area contributed by atoms with E-state index in [2.05, 4.69) is 27.8 Å². The highest BCUT2D eigenvalue weighted by Gasteiger charge is 2.30. The molecule has 2 aliphatic rings. The van der Waals surface area contributed by atoms with Gasteiger partial charge in [-0.25, -0.2) is 0 Å². The quantitative estimate of drug-likeness (QED) is 0.692. The van der Waals surface area contributed by atoms with E-state index in [0.717, 1.165) is 18.7 Å². The van der Waals surface area contributed by atoms with Crippen molar-refractivity contribution in [2.45, 2.75) is 38.4 Å². The maximum absolute atomic E-state index is 9.03. The first-order valence-corrected chi connectivity index (χ1v) is 5.48. The van der Waals surface area contributed by atoms with Crippen LogP contribution >= 0.6 is 0 Å². The lowest BCUT2D eigenvalue weighted by Crippen LogP contribution is -2.21. The molecule has 1 fully saturated rings. The molecule has 0 amide bonds. The van der Waals surface area contributed by atoms with Crippen molar-refractivity contribution >= 4 is 0 Å². The fraction of sp³-hybridized carbons (Fsp3) is 0.636. The molecule has 15 heavy (non-hydrogen) atoms.